The first-order chi connectivity index (χ1) is 20.4. The molecule has 2 saturated heterocycles. The summed E-state index contributed by atoms with van der Waals surface area (Å²) in [5.41, 5.74) is 1.85. The lowest BCUT2D eigenvalue weighted by molar-refractivity contribution is 0.0434. The summed E-state index contributed by atoms with van der Waals surface area (Å²) in [5.74, 6) is 1.38. The van der Waals surface area contributed by atoms with Crippen LogP contribution in [0.3, 0.4) is 0 Å². The van der Waals surface area contributed by atoms with Gasteiger partial charge in [-0.15, -0.1) is 0 Å². The molecule has 0 bridgehead atoms. The minimum absolute atomic E-state index is 0.232. The largest absolute Gasteiger partial charge is 0.488 e. The monoisotopic (exact) mass is 850 g/mol. The molecular formula is C33H46Br4N2O4. The van der Waals surface area contributed by atoms with Gasteiger partial charge in [-0.3, -0.25) is 9.80 Å². The van der Waals surface area contributed by atoms with Crippen LogP contribution in [0.4, 0.5) is 0 Å². The number of halogens is 4. The number of aliphatic hydroxyl groups excluding tert-OH is 2. The van der Waals surface area contributed by atoms with Gasteiger partial charge in [0.05, 0.1) is 17.9 Å². The first-order valence-corrected chi connectivity index (χ1v) is 18.6. The first kappa shape index (κ1) is 35.7. The normalized spacial score (nSPS) is 21.9. The van der Waals surface area contributed by atoms with Gasteiger partial charge < -0.3 is 19.7 Å². The van der Waals surface area contributed by atoms with Crippen LogP contribution in [0.25, 0.3) is 0 Å². The highest BCUT2D eigenvalue weighted by atomic mass is 79.9. The second-order valence-electron chi connectivity index (χ2n) is 12.8. The van der Waals surface area contributed by atoms with Crippen molar-refractivity contribution in [1.82, 2.24) is 9.80 Å². The van der Waals surface area contributed by atoms with E-state index < -0.39 is 12.2 Å². The van der Waals surface area contributed by atoms with Gasteiger partial charge in [-0.25, -0.2) is 0 Å². The summed E-state index contributed by atoms with van der Waals surface area (Å²) in [5, 5.41) is 21.4. The molecule has 0 radical (unpaired) electrons. The minimum Gasteiger partial charge on any atom is -0.488 e. The molecule has 4 rings (SSSR count). The number of hydrogen-bond acceptors (Lipinski definition) is 6. The van der Waals surface area contributed by atoms with Crippen LogP contribution in [-0.4, -0.2) is 83.7 Å². The molecule has 2 aromatic carbocycles. The van der Waals surface area contributed by atoms with E-state index in [9.17, 15) is 10.2 Å². The molecule has 0 aliphatic carbocycles. The van der Waals surface area contributed by atoms with Crippen molar-refractivity contribution in [2.75, 3.05) is 39.4 Å². The Balaban J connectivity index is 1.40. The summed E-state index contributed by atoms with van der Waals surface area (Å²) in [6, 6.07) is 9.35. The fourth-order valence-electron chi connectivity index (χ4n) is 6.15. The molecule has 6 nitrogen and oxygen atoms in total. The Labute approximate surface area is 291 Å². The van der Waals surface area contributed by atoms with Crippen LogP contribution in [-0.2, 0) is 5.41 Å². The average molecular weight is 854 g/mol. The van der Waals surface area contributed by atoms with Crippen LogP contribution in [0, 0.1) is 0 Å². The van der Waals surface area contributed by atoms with Crippen molar-refractivity contribution in [3.8, 4) is 11.5 Å². The minimum atomic E-state index is -0.555. The molecule has 0 saturated carbocycles. The molecule has 2 heterocycles. The predicted octanol–water partition coefficient (Wildman–Crippen LogP) is 8.29. The quantitative estimate of drug-likeness (QED) is 0.224. The van der Waals surface area contributed by atoms with Gasteiger partial charge >= 0.3 is 0 Å². The van der Waals surface area contributed by atoms with Crippen molar-refractivity contribution in [2.45, 2.75) is 95.9 Å². The Kier molecular flexibility index (Phi) is 13.3. The van der Waals surface area contributed by atoms with Gasteiger partial charge in [-0.05, 0) is 152 Å². The van der Waals surface area contributed by atoms with Crippen LogP contribution in [0.2, 0.25) is 0 Å². The molecule has 2 aliphatic heterocycles. The van der Waals surface area contributed by atoms with E-state index in [0.717, 1.165) is 42.1 Å². The number of likely N-dealkylation sites (tertiary alicyclic amines) is 2. The van der Waals surface area contributed by atoms with Gasteiger partial charge in [0.25, 0.3) is 0 Å². The third kappa shape index (κ3) is 9.43. The summed E-state index contributed by atoms with van der Waals surface area (Å²) >= 11 is 14.9. The number of aliphatic hydroxyl groups is 2. The maximum Gasteiger partial charge on any atom is 0.147 e. The number of nitrogens with zero attached hydrogens (tertiary/aromatic N) is 2. The van der Waals surface area contributed by atoms with Gasteiger partial charge in [0.2, 0.25) is 0 Å². The van der Waals surface area contributed by atoms with Crippen LogP contribution in [0.5, 0.6) is 11.5 Å². The highest BCUT2D eigenvalue weighted by Gasteiger charge is 2.28. The molecule has 4 atom stereocenters. The molecule has 2 fully saturated rings. The van der Waals surface area contributed by atoms with Gasteiger partial charge in [-0.2, -0.15) is 0 Å². The van der Waals surface area contributed by atoms with Gasteiger partial charge in [-0.1, -0.05) is 26.7 Å². The lowest BCUT2D eigenvalue weighted by Gasteiger charge is -2.34. The lowest BCUT2D eigenvalue weighted by Crippen LogP contribution is -2.43. The fraction of sp³-hybridized carbons (Fsp3) is 0.636. The number of rotatable bonds is 12. The summed E-state index contributed by atoms with van der Waals surface area (Å²) < 4.78 is 15.5. The van der Waals surface area contributed by atoms with E-state index in [-0.39, 0.29) is 18.6 Å². The number of hydrogen-bond donors (Lipinski definition) is 2. The molecular weight excluding hydrogens is 808 g/mol. The number of piperidine rings is 2. The van der Waals surface area contributed by atoms with Crippen LogP contribution < -0.4 is 9.47 Å². The van der Waals surface area contributed by atoms with E-state index in [1.165, 1.54) is 38.5 Å². The number of β-amino-alcohol motifs (C(OH)–C–C–N with tert-alkyl or cyclic N) is 2. The standard InChI is InChI=1S/C33H46Br4N2O4/c1-21-9-5-7-11-38(21)17-25(40)19-42-31-27(34)13-23(14-28(31)35)33(3,4)24-15-29(36)32(30(37)16-24)43-20-26(41)18-39-12-8-6-10-22(39)2/h13-16,21-22,25-26,40-41H,5-12,17-20H2,1-4H3/t21-,22+,25+,26-. The van der Waals surface area contributed by atoms with E-state index >= 15 is 0 Å². The molecule has 2 aromatic rings. The van der Waals surface area contributed by atoms with Crippen molar-refractivity contribution in [3.05, 3.63) is 53.3 Å². The zero-order valence-corrected chi connectivity index (χ0v) is 32.1. The van der Waals surface area contributed by atoms with E-state index in [1.54, 1.807) is 0 Å². The molecule has 0 aromatic heterocycles. The van der Waals surface area contributed by atoms with E-state index in [4.69, 9.17) is 9.47 Å². The third-order valence-corrected chi connectivity index (χ3v) is 11.4. The second-order valence-corrected chi connectivity index (χ2v) is 16.2. The average Bonchev–Trinajstić information content (AvgIpc) is 2.94. The van der Waals surface area contributed by atoms with Gasteiger partial charge in [0.1, 0.15) is 36.9 Å². The SMILES string of the molecule is C[C@@H]1CCCCN1C[C@H](O)COc1c(Br)cc(C(C)(C)c2cc(Br)c(OC[C@H](O)CN3CCCC[C@@H]3C)c(Br)c2)cc1Br. The Hall–Kier alpha value is -0.200. The molecule has 2 N–H and O–H groups in total. The zero-order chi connectivity index (χ0) is 31.3. The summed E-state index contributed by atoms with van der Waals surface area (Å²) in [7, 11) is 0. The second kappa shape index (κ2) is 16.1. The highest BCUT2D eigenvalue weighted by molar-refractivity contribution is 9.11. The first-order valence-electron chi connectivity index (χ1n) is 15.5. The molecule has 0 amide bonds. The Morgan fingerprint density at radius 3 is 1.37 bits per heavy atom. The van der Waals surface area contributed by atoms with Gasteiger partial charge in [0.15, 0.2) is 0 Å². The van der Waals surface area contributed by atoms with E-state index in [2.05, 4.69) is 125 Å². The Bertz CT molecular complexity index is 1090. The predicted molar refractivity (Wildman–Crippen MR) is 189 cm³/mol. The van der Waals surface area contributed by atoms with Crippen molar-refractivity contribution in [2.24, 2.45) is 0 Å². The lowest BCUT2D eigenvalue weighted by atomic mass is 9.78. The Morgan fingerprint density at radius 2 is 1.05 bits per heavy atom. The summed E-state index contributed by atoms with van der Waals surface area (Å²) in [6.45, 7) is 12.6. The van der Waals surface area contributed by atoms with E-state index in [1.807, 2.05) is 0 Å². The Morgan fingerprint density at radius 1 is 0.698 bits per heavy atom. The molecule has 0 unspecified atom stereocenters. The molecule has 240 valence electrons. The molecule has 2 aliphatic rings. The van der Waals surface area contributed by atoms with Crippen LogP contribution in [0.15, 0.2) is 42.2 Å². The fourth-order valence-corrected chi connectivity index (χ4v) is 8.98. The summed E-state index contributed by atoms with van der Waals surface area (Å²) in [6.07, 6.45) is 6.18. The zero-order valence-electron chi connectivity index (χ0n) is 25.7. The number of benzene rings is 2. The van der Waals surface area contributed by atoms with Crippen LogP contribution >= 0.6 is 63.7 Å². The highest BCUT2D eigenvalue weighted by Crippen LogP contribution is 2.44. The van der Waals surface area contributed by atoms with Crippen molar-refractivity contribution >= 4 is 63.7 Å². The molecule has 43 heavy (non-hydrogen) atoms. The third-order valence-electron chi connectivity index (χ3n) is 9.05. The van der Waals surface area contributed by atoms with Crippen molar-refractivity contribution in [3.63, 3.8) is 0 Å². The molecule has 10 heteroatoms. The topological polar surface area (TPSA) is 65.4 Å². The maximum atomic E-state index is 10.7. The number of ether oxygens (including phenoxy) is 2. The maximum absolute atomic E-state index is 10.7. The van der Waals surface area contributed by atoms with E-state index in [0.29, 0.717) is 36.7 Å². The smallest absolute Gasteiger partial charge is 0.147 e. The summed E-state index contributed by atoms with van der Waals surface area (Å²) in [4.78, 5) is 4.72. The van der Waals surface area contributed by atoms with Gasteiger partial charge in [0, 0.05) is 30.6 Å². The van der Waals surface area contributed by atoms with Crippen molar-refractivity contribution in [1.29, 1.82) is 0 Å². The van der Waals surface area contributed by atoms with Crippen LogP contribution in [0.1, 0.15) is 77.3 Å². The van der Waals surface area contributed by atoms with Crippen molar-refractivity contribution < 1.29 is 19.7 Å². The molecule has 0 spiro atoms.